The lowest BCUT2D eigenvalue weighted by Gasteiger charge is -2.29. The van der Waals surface area contributed by atoms with Gasteiger partial charge in [0.15, 0.2) is 0 Å². The van der Waals surface area contributed by atoms with E-state index in [1.165, 1.54) is 16.2 Å². The third-order valence-electron chi connectivity index (χ3n) is 6.67. The number of amides is 4. The first-order valence-corrected chi connectivity index (χ1v) is 14.6. The normalized spacial score (nSPS) is 15.9. The summed E-state index contributed by atoms with van der Waals surface area (Å²) in [7, 11) is 3.30. The number of hydrogen-bond acceptors (Lipinski definition) is 8. The number of aromatic nitrogens is 1. The maximum Gasteiger partial charge on any atom is 0.407 e. The van der Waals surface area contributed by atoms with Gasteiger partial charge in [0.2, 0.25) is 5.91 Å². The number of benzene rings is 1. The molecule has 0 radical (unpaired) electrons. The minimum absolute atomic E-state index is 0.164. The number of rotatable bonds is 14. The van der Waals surface area contributed by atoms with Crippen molar-refractivity contribution in [2.75, 3.05) is 46.9 Å². The second-order valence-corrected chi connectivity index (χ2v) is 11.2. The molecule has 40 heavy (non-hydrogen) atoms. The van der Waals surface area contributed by atoms with Crippen molar-refractivity contribution in [1.29, 1.82) is 0 Å². The molecular weight excluding hydrogens is 532 g/mol. The Morgan fingerprint density at radius 3 is 2.50 bits per heavy atom. The van der Waals surface area contributed by atoms with E-state index >= 15 is 0 Å². The smallest absolute Gasteiger partial charge is 0.407 e. The van der Waals surface area contributed by atoms with Crippen molar-refractivity contribution >= 4 is 29.4 Å². The molecule has 0 bridgehead atoms. The van der Waals surface area contributed by atoms with Gasteiger partial charge in [-0.15, -0.1) is 11.3 Å². The highest BCUT2D eigenvalue weighted by Crippen LogP contribution is 2.12. The Hall–Kier alpha value is -3.22. The zero-order valence-electron chi connectivity index (χ0n) is 23.6. The summed E-state index contributed by atoms with van der Waals surface area (Å²) >= 11 is 1.43. The number of hydrogen-bond donors (Lipinski definition) is 3. The first-order chi connectivity index (χ1) is 19.3. The van der Waals surface area contributed by atoms with Gasteiger partial charge in [0.1, 0.15) is 12.6 Å². The average Bonchev–Trinajstić information content (AvgIpc) is 3.47. The molecule has 0 saturated carbocycles. The summed E-state index contributed by atoms with van der Waals surface area (Å²) in [5, 5.41) is 8.90. The summed E-state index contributed by atoms with van der Waals surface area (Å²) in [5.41, 5.74) is 2.80. The van der Waals surface area contributed by atoms with Crippen LogP contribution in [0.3, 0.4) is 0 Å². The van der Waals surface area contributed by atoms with Gasteiger partial charge in [-0.2, -0.15) is 0 Å². The van der Waals surface area contributed by atoms with Crippen molar-refractivity contribution in [2.24, 2.45) is 0 Å². The molecule has 4 amide bonds. The summed E-state index contributed by atoms with van der Waals surface area (Å²) in [6.07, 6.45) is 3.60. The Morgan fingerprint density at radius 2 is 1.82 bits per heavy atom. The molecule has 1 aliphatic rings. The fourth-order valence-corrected chi connectivity index (χ4v) is 4.84. The molecule has 0 spiro atoms. The fourth-order valence-electron chi connectivity index (χ4n) is 4.33. The summed E-state index contributed by atoms with van der Waals surface area (Å²) in [4.78, 5) is 46.6. The summed E-state index contributed by atoms with van der Waals surface area (Å²) in [6, 6.07) is 8.64. The highest BCUT2D eigenvalue weighted by atomic mass is 32.1. The van der Waals surface area contributed by atoms with E-state index in [1.54, 1.807) is 25.8 Å². The molecule has 0 aliphatic carbocycles. The van der Waals surface area contributed by atoms with Crippen molar-refractivity contribution < 1.29 is 23.9 Å². The van der Waals surface area contributed by atoms with Gasteiger partial charge in [-0.05, 0) is 38.2 Å². The van der Waals surface area contributed by atoms with Crippen molar-refractivity contribution in [1.82, 2.24) is 30.7 Å². The van der Waals surface area contributed by atoms with Crippen LogP contribution in [0.4, 0.5) is 9.59 Å². The fraction of sp³-hybridized carbons (Fsp3) is 0.571. The zero-order valence-corrected chi connectivity index (χ0v) is 24.5. The van der Waals surface area contributed by atoms with Crippen LogP contribution in [0, 0.1) is 0 Å². The number of carbonyl (C=O) groups is 3. The quantitative estimate of drug-likeness (QED) is 0.317. The van der Waals surface area contributed by atoms with Crippen molar-refractivity contribution in [3.63, 3.8) is 0 Å². The average molecular weight is 575 g/mol. The third kappa shape index (κ3) is 11.5. The van der Waals surface area contributed by atoms with E-state index in [1.807, 2.05) is 37.3 Å². The summed E-state index contributed by atoms with van der Waals surface area (Å²) in [6.45, 7) is 5.78. The second kappa shape index (κ2) is 16.8. The predicted octanol–water partition coefficient (Wildman–Crippen LogP) is 2.63. The molecule has 3 unspecified atom stereocenters. The summed E-state index contributed by atoms with van der Waals surface area (Å²) in [5.74, 6) is -0.215. The lowest BCUT2D eigenvalue weighted by molar-refractivity contribution is -0.123. The van der Waals surface area contributed by atoms with Crippen LogP contribution >= 0.6 is 11.3 Å². The van der Waals surface area contributed by atoms with Crippen molar-refractivity contribution in [3.05, 3.63) is 52.5 Å². The van der Waals surface area contributed by atoms with E-state index in [2.05, 4.69) is 25.8 Å². The molecule has 11 nitrogen and oxygen atoms in total. The van der Waals surface area contributed by atoms with Crippen LogP contribution < -0.4 is 16.0 Å². The Bertz CT molecular complexity index is 1030. The van der Waals surface area contributed by atoms with Gasteiger partial charge in [0.25, 0.3) is 0 Å². The van der Waals surface area contributed by atoms with E-state index in [9.17, 15) is 14.4 Å². The van der Waals surface area contributed by atoms with Gasteiger partial charge in [-0.1, -0.05) is 30.3 Å². The number of morpholine rings is 1. The largest absolute Gasteiger partial charge is 0.444 e. The van der Waals surface area contributed by atoms with Gasteiger partial charge in [-0.25, -0.2) is 9.59 Å². The first-order valence-electron chi connectivity index (χ1n) is 13.7. The first kappa shape index (κ1) is 31.3. The molecule has 1 fully saturated rings. The minimum Gasteiger partial charge on any atom is -0.444 e. The van der Waals surface area contributed by atoms with Gasteiger partial charge < -0.3 is 30.3 Å². The van der Waals surface area contributed by atoms with E-state index < -0.39 is 12.1 Å². The minimum atomic E-state index is -0.653. The van der Waals surface area contributed by atoms with Crippen molar-refractivity contribution in [2.45, 2.75) is 57.3 Å². The molecule has 12 heteroatoms. The summed E-state index contributed by atoms with van der Waals surface area (Å²) < 4.78 is 10.8. The Kier molecular flexibility index (Phi) is 13.1. The van der Waals surface area contributed by atoms with E-state index in [4.69, 9.17) is 9.47 Å². The lowest BCUT2D eigenvalue weighted by Crippen LogP contribution is -2.53. The maximum atomic E-state index is 13.2. The zero-order chi connectivity index (χ0) is 28.7. The SMILES string of the molecule is CC(CCC(Cc1ccccc1)NC(=O)OCc1cncs1)NC(=O)C(CCN1CCOCC1)NC(=O)N(C)C. The topological polar surface area (TPSA) is 125 Å². The second-order valence-electron chi connectivity index (χ2n) is 10.2. The van der Waals surface area contributed by atoms with Crippen LogP contribution in [-0.4, -0.2) is 97.9 Å². The number of nitrogens with zero attached hydrogens (tertiary/aromatic N) is 3. The molecule has 3 atom stereocenters. The third-order valence-corrected chi connectivity index (χ3v) is 7.42. The number of nitrogens with one attached hydrogen (secondary N) is 3. The van der Waals surface area contributed by atoms with Crippen LogP contribution in [-0.2, 0) is 27.3 Å². The Morgan fingerprint density at radius 1 is 1.07 bits per heavy atom. The highest BCUT2D eigenvalue weighted by molar-refractivity contribution is 7.09. The van der Waals surface area contributed by atoms with Gasteiger partial charge in [0.05, 0.1) is 23.6 Å². The predicted molar refractivity (Wildman–Crippen MR) is 154 cm³/mol. The van der Waals surface area contributed by atoms with Crippen LogP contribution in [0.25, 0.3) is 0 Å². The molecule has 220 valence electrons. The monoisotopic (exact) mass is 574 g/mol. The molecule has 2 heterocycles. The standard InChI is InChI=1S/C28H42N6O5S/c1-21(30-26(35)25(32-27(36)33(2)3)11-12-34-13-15-38-16-14-34)9-10-23(17-22-7-5-4-6-8-22)31-28(37)39-19-24-18-29-20-40-24/h4-8,18,20-21,23,25H,9-17,19H2,1-3H3,(H,30,35)(H,31,37)(H,32,36). The van der Waals surface area contributed by atoms with E-state index in [-0.39, 0.29) is 30.6 Å². The maximum absolute atomic E-state index is 13.2. The van der Waals surface area contributed by atoms with Gasteiger partial charge in [0, 0.05) is 52.0 Å². The van der Waals surface area contributed by atoms with E-state index in [0.717, 1.165) is 23.5 Å². The molecule has 3 rings (SSSR count). The number of ether oxygens (including phenoxy) is 2. The van der Waals surface area contributed by atoms with Gasteiger partial charge >= 0.3 is 12.1 Å². The molecule has 3 N–H and O–H groups in total. The molecule has 2 aromatic rings. The molecule has 1 saturated heterocycles. The van der Waals surface area contributed by atoms with Crippen LogP contribution in [0.2, 0.25) is 0 Å². The van der Waals surface area contributed by atoms with Gasteiger partial charge in [-0.3, -0.25) is 14.7 Å². The molecular formula is C28H42N6O5S. The Balaban J connectivity index is 1.53. The number of urea groups is 1. The highest BCUT2D eigenvalue weighted by Gasteiger charge is 2.25. The molecule has 1 aliphatic heterocycles. The van der Waals surface area contributed by atoms with Crippen molar-refractivity contribution in [3.8, 4) is 0 Å². The van der Waals surface area contributed by atoms with Crippen LogP contribution in [0.1, 0.15) is 36.6 Å². The number of thiazole rings is 1. The number of alkyl carbamates (subject to hydrolysis) is 1. The number of carbonyl (C=O) groups excluding carboxylic acids is 3. The van der Waals surface area contributed by atoms with Crippen LogP contribution in [0.5, 0.6) is 0 Å². The Labute approximate surface area is 240 Å². The lowest BCUT2D eigenvalue weighted by atomic mass is 9.99. The van der Waals surface area contributed by atoms with E-state index in [0.29, 0.717) is 45.4 Å². The molecule has 1 aromatic carbocycles. The molecule has 1 aromatic heterocycles. The van der Waals surface area contributed by atoms with Crippen LogP contribution in [0.15, 0.2) is 42.0 Å².